The van der Waals surface area contributed by atoms with Crippen LogP contribution in [0.4, 0.5) is 0 Å². The molecule has 0 bridgehead atoms. The van der Waals surface area contributed by atoms with E-state index in [-0.39, 0.29) is 11.5 Å². The maximum atomic E-state index is 12.9. The van der Waals surface area contributed by atoms with Crippen molar-refractivity contribution in [1.82, 2.24) is 19.1 Å². The van der Waals surface area contributed by atoms with Crippen LogP contribution in [-0.4, -0.2) is 44.7 Å². The molecule has 0 radical (unpaired) electrons. The Bertz CT molecular complexity index is 1060. The molecule has 7 heteroatoms. The Morgan fingerprint density at radius 2 is 1.80 bits per heavy atom. The van der Waals surface area contributed by atoms with Crippen molar-refractivity contribution in [2.45, 2.75) is 45.6 Å². The number of hydrogen-bond donors (Lipinski definition) is 0. The van der Waals surface area contributed by atoms with Crippen LogP contribution in [0.5, 0.6) is 5.75 Å². The summed E-state index contributed by atoms with van der Waals surface area (Å²) >= 11 is 0. The smallest absolute Gasteiger partial charge is 0.276 e. The third-order valence-electron chi connectivity index (χ3n) is 5.59. The predicted molar refractivity (Wildman–Crippen MR) is 116 cm³/mol. The van der Waals surface area contributed by atoms with E-state index in [1.165, 1.54) is 12.8 Å². The molecule has 1 amide bonds. The topological polar surface area (TPSA) is 68.8 Å². The van der Waals surface area contributed by atoms with E-state index in [2.05, 4.69) is 5.10 Å². The Labute approximate surface area is 175 Å². The van der Waals surface area contributed by atoms with Gasteiger partial charge in [0.1, 0.15) is 11.3 Å². The lowest BCUT2D eigenvalue weighted by Crippen LogP contribution is -2.33. The van der Waals surface area contributed by atoms with Gasteiger partial charge >= 0.3 is 0 Å². The van der Waals surface area contributed by atoms with Gasteiger partial charge in [0.15, 0.2) is 0 Å². The van der Waals surface area contributed by atoms with Crippen molar-refractivity contribution < 1.29 is 9.53 Å². The number of fused-ring (bicyclic) bond motifs is 1. The highest BCUT2D eigenvalue weighted by molar-refractivity contribution is 5.76. The summed E-state index contributed by atoms with van der Waals surface area (Å²) in [4.78, 5) is 27.4. The van der Waals surface area contributed by atoms with E-state index in [1.807, 2.05) is 36.1 Å². The second kappa shape index (κ2) is 9.15. The van der Waals surface area contributed by atoms with Gasteiger partial charge in [-0.1, -0.05) is 12.8 Å². The van der Waals surface area contributed by atoms with Gasteiger partial charge in [-0.25, -0.2) is 4.52 Å². The van der Waals surface area contributed by atoms with Crippen LogP contribution in [0, 0.1) is 0 Å². The fraction of sp³-hybridized carbons (Fsp3) is 0.435. The zero-order chi connectivity index (χ0) is 20.9. The lowest BCUT2D eigenvalue weighted by Gasteiger charge is -2.20. The van der Waals surface area contributed by atoms with Gasteiger partial charge in [-0.3, -0.25) is 9.59 Å². The van der Waals surface area contributed by atoms with E-state index in [0.29, 0.717) is 25.1 Å². The zero-order valence-electron chi connectivity index (χ0n) is 17.4. The van der Waals surface area contributed by atoms with Crippen LogP contribution in [0.25, 0.3) is 16.8 Å². The molecule has 158 valence electrons. The minimum absolute atomic E-state index is 0.132. The number of aryl methyl sites for hydroxylation is 1. The molecule has 0 atom stereocenters. The second-order valence-corrected chi connectivity index (χ2v) is 7.66. The molecule has 1 aliphatic rings. The third kappa shape index (κ3) is 4.40. The van der Waals surface area contributed by atoms with Gasteiger partial charge in [0.25, 0.3) is 5.56 Å². The minimum Gasteiger partial charge on any atom is -0.494 e. The standard InChI is InChI=1S/C23H28N4O3/c1-2-30-19-9-7-18(8-10-19)20-17-21-23(29)26(15-16-27(21)24-20)14-11-22(28)25-12-5-3-4-6-13-25/h7-10,15-17H,2-6,11-14H2,1H3. The average Bonchev–Trinajstić information content (AvgIpc) is 3.01. The maximum absolute atomic E-state index is 12.9. The SMILES string of the molecule is CCOc1ccc(-c2cc3c(=O)n(CCC(=O)N4CCCCCC4)ccn3n2)cc1. The zero-order valence-corrected chi connectivity index (χ0v) is 17.4. The van der Waals surface area contributed by atoms with Crippen molar-refractivity contribution in [3.8, 4) is 17.0 Å². The van der Waals surface area contributed by atoms with E-state index in [1.54, 1.807) is 27.5 Å². The highest BCUT2D eigenvalue weighted by atomic mass is 16.5. The van der Waals surface area contributed by atoms with E-state index in [0.717, 1.165) is 42.9 Å². The summed E-state index contributed by atoms with van der Waals surface area (Å²) in [6.07, 6.45) is 8.35. The number of likely N-dealkylation sites (tertiary alicyclic amines) is 1. The largest absolute Gasteiger partial charge is 0.494 e. The lowest BCUT2D eigenvalue weighted by atomic mass is 10.1. The Hall–Kier alpha value is -3.09. The van der Waals surface area contributed by atoms with Crippen molar-refractivity contribution in [3.05, 3.63) is 53.1 Å². The summed E-state index contributed by atoms with van der Waals surface area (Å²) in [7, 11) is 0. The number of ether oxygens (including phenoxy) is 1. The van der Waals surface area contributed by atoms with Crippen molar-refractivity contribution in [2.75, 3.05) is 19.7 Å². The molecule has 0 aliphatic carbocycles. The van der Waals surface area contributed by atoms with Crippen LogP contribution in [-0.2, 0) is 11.3 Å². The summed E-state index contributed by atoms with van der Waals surface area (Å²) < 4.78 is 8.68. The van der Waals surface area contributed by atoms with Gasteiger partial charge < -0.3 is 14.2 Å². The quantitative estimate of drug-likeness (QED) is 0.627. The maximum Gasteiger partial charge on any atom is 0.276 e. The summed E-state index contributed by atoms with van der Waals surface area (Å²) in [6.45, 7) is 4.62. The van der Waals surface area contributed by atoms with Gasteiger partial charge in [-0.15, -0.1) is 0 Å². The van der Waals surface area contributed by atoms with E-state index in [4.69, 9.17) is 4.74 Å². The first kappa shape index (κ1) is 20.2. The molecule has 4 rings (SSSR count). The number of benzene rings is 1. The molecule has 30 heavy (non-hydrogen) atoms. The molecule has 0 unspecified atom stereocenters. The molecule has 1 aromatic carbocycles. The molecule has 0 saturated carbocycles. The molecule has 1 fully saturated rings. The lowest BCUT2D eigenvalue weighted by molar-refractivity contribution is -0.131. The number of amides is 1. The van der Waals surface area contributed by atoms with Crippen molar-refractivity contribution in [2.24, 2.45) is 0 Å². The summed E-state index contributed by atoms with van der Waals surface area (Å²) in [5.74, 6) is 0.939. The molecule has 1 saturated heterocycles. The summed E-state index contributed by atoms with van der Waals surface area (Å²) in [6, 6.07) is 9.46. The van der Waals surface area contributed by atoms with Crippen LogP contribution in [0.2, 0.25) is 0 Å². The van der Waals surface area contributed by atoms with Crippen molar-refractivity contribution in [1.29, 1.82) is 0 Å². The molecule has 0 N–H and O–H groups in total. The van der Waals surface area contributed by atoms with Gasteiger partial charge in [-0.05, 0) is 50.1 Å². The molecule has 3 aromatic rings. The first-order chi connectivity index (χ1) is 14.7. The Balaban J connectivity index is 1.49. The van der Waals surface area contributed by atoms with E-state index < -0.39 is 0 Å². The van der Waals surface area contributed by atoms with Crippen molar-refractivity contribution in [3.63, 3.8) is 0 Å². The van der Waals surface area contributed by atoms with E-state index in [9.17, 15) is 9.59 Å². The molecule has 3 heterocycles. The van der Waals surface area contributed by atoms with Crippen LogP contribution in [0.1, 0.15) is 39.0 Å². The Morgan fingerprint density at radius 3 is 2.50 bits per heavy atom. The average molecular weight is 409 g/mol. The van der Waals surface area contributed by atoms with Crippen LogP contribution < -0.4 is 10.3 Å². The van der Waals surface area contributed by atoms with E-state index >= 15 is 0 Å². The predicted octanol–water partition coefficient (Wildman–Crippen LogP) is 3.35. The summed E-state index contributed by atoms with van der Waals surface area (Å²) in [5.41, 5.74) is 2.02. The van der Waals surface area contributed by atoms with Gasteiger partial charge in [0.05, 0.1) is 12.3 Å². The molecule has 1 aliphatic heterocycles. The molecule has 7 nitrogen and oxygen atoms in total. The van der Waals surface area contributed by atoms with Crippen LogP contribution in [0.15, 0.2) is 47.5 Å². The number of nitrogens with zero attached hydrogens (tertiary/aromatic N) is 4. The molecule has 2 aromatic heterocycles. The third-order valence-corrected chi connectivity index (χ3v) is 5.59. The van der Waals surface area contributed by atoms with Gasteiger partial charge in [0, 0.05) is 44.0 Å². The molecular weight excluding hydrogens is 380 g/mol. The number of aromatic nitrogens is 3. The normalized spacial score (nSPS) is 14.6. The monoisotopic (exact) mass is 408 g/mol. The first-order valence-corrected chi connectivity index (χ1v) is 10.8. The Morgan fingerprint density at radius 1 is 1.07 bits per heavy atom. The van der Waals surface area contributed by atoms with Crippen LogP contribution >= 0.6 is 0 Å². The van der Waals surface area contributed by atoms with Crippen LogP contribution in [0.3, 0.4) is 0 Å². The Kier molecular flexibility index (Phi) is 6.16. The summed E-state index contributed by atoms with van der Waals surface area (Å²) in [5, 5.41) is 4.53. The fourth-order valence-electron chi connectivity index (χ4n) is 3.93. The second-order valence-electron chi connectivity index (χ2n) is 7.66. The number of carbonyl (C=O) groups is 1. The first-order valence-electron chi connectivity index (χ1n) is 10.8. The minimum atomic E-state index is -0.133. The fourth-order valence-corrected chi connectivity index (χ4v) is 3.93. The number of carbonyl (C=O) groups excluding carboxylic acids is 1. The van der Waals surface area contributed by atoms with Crippen molar-refractivity contribution >= 4 is 11.4 Å². The highest BCUT2D eigenvalue weighted by Gasteiger charge is 2.16. The number of hydrogen-bond acceptors (Lipinski definition) is 4. The van der Waals surface area contributed by atoms with Gasteiger partial charge in [-0.2, -0.15) is 5.10 Å². The van der Waals surface area contributed by atoms with Gasteiger partial charge in [0.2, 0.25) is 5.91 Å². The highest BCUT2D eigenvalue weighted by Crippen LogP contribution is 2.22. The number of rotatable bonds is 6. The molecular formula is C23H28N4O3. The molecule has 0 spiro atoms.